The van der Waals surface area contributed by atoms with Crippen LogP contribution in [0.25, 0.3) is 0 Å². The van der Waals surface area contributed by atoms with Crippen molar-refractivity contribution in [1.82, 2.24) is 14.7 Å². The van der Waals surface area contributed by atoms with Gasteiger partial charge in [-0.25, -0.2) is 4.68 Å². The topological polar surface area (TPSA) is 47.1 Å². The highest BCUT2D eigenvalue weighted by Crippen LogP contribution is 2.35. The molecule has 1 saturated heterocycles. The Morgan fingerprint density at radius 1 is 1.31 bits per heavy atom. The van der Waals surface area contributed by atoms with Gasteiger partial charge in [0.2, 0.25) is 0 Å². The molecule has 4 nitrogen and oxygen atoms in total. The van der Waals surface area contributed by atoms with Crippen LogP contribution in [0, 0.1) is 6.92 Å². The van der Waals surface area contributed by atoms with Gasteiger partial charge in [-0.3, -0.25) is 4.90 Å². The summed E-state index contributed by atoms with van der Waals surface area (Å²) >= 11 is 3.48. The fourth-order valence-electron chi connectivity index (χ4n) is 2.56. The van der Waals surface area contributed by atoms with Gasteiger partial charge in [-0.15, -0.1) is 0 Å². The van der Waals surface area contributed by atoms with Gasteiger partial charge >= 0.3 is 0 Å². The van der Waals surface area contributed by atoms with E-state index in [0.29, 0.717) is 6.04 Å². The van der Waals surface area contributed by atoms with Crippen LogP contribution in [0.1, 0.15) is 31.0 Å². The summed E-state index contributed by atoms with van der Waals surface area (Å²) in [6.07, 6.45) is 3.93. The van der Waals surface area contributed by atoms with Crippen molar-refractivity contribution in [3.05, 3.63) is 10.2 Å². The maximum absolute atomic E-state index is 6.06. The highest BCUT2D eigenvalue weighted by atomic mass is 79.9. The number of likely N-dealkylation sites (tertiary alicyclic amines) is 1. The first kappa shape index (κ1) is 10.6. The van der Waals surface area contributed by atoms with E-state index in [-0.39, 0.29) is 0 Å². The number of aromatic nitrogens is 2. The molecule has 1 aliphatic heterocycles. The van der Waals surface area contributed by atoms with E-state index in [4.69, 9.17) is 5.73 Å². The summed E-state index contributed by atoms with van der Waals surface area (Å²) in [5.74, 6) is 0.778. The summed E-state index contributed by atoms with van der Waals surface area (Å²) in [4.78, 5) is 2.58. The average molecular weight is 285 g/mol. The van der Waals surface area contributed by atoms with E-state index in [1.54, 1.807) is 0 Å². The average Bonchev–Trinajstić information content (AvgIpc) is 2.96. The van der Waals surface area contributed by atoms with Crippen molar-refractivity contribution in [1.29, 1.82) is 0 Å². The highest BCUT2D eigenvalue weighted by Gasteiger charge is 2.35. The number of hydrogen-bond donors (Lipinski definition) is 1. The lowest BCUT2D eigenvalue weighted by molar-refractivity contribution is 0.310. The lowest BCUT2D eigenvalue weighted by atomic mass is 10.3. The molecule has 1 unspecified atom stereocenters. The Morgan fingerprint density at radius 3 is 2.62 bits per heavy atom. The second kappa shape index (κ2) is 3.74. The lowest BCUT2D eigenvalue weighted by Crippen LogP contribution is -2.24. The Morgan fingerprint density at radius 2 is 2.06 bits per heavy atom. The standard InChI is InChI=1S/C11H17BrN4/c1-7-10(12)11(13)16(14-7)9-4-5-15(6-9)8-2-3-8/h8-9H,2-6,13H2,1H3. The van der Waals surface area contributed by atoms with Crippen LogP contribution in [0.5, 0.6) is 0 Å². The first-order valence-corrected chi connectivity index (χ1v) is 6.70. The van der Waals surface area contributed by atoms with E-state index in [1.165, 1.54) is 25.8 Å². The van der Waals surface area contributed by atoms with Crippen molar-refractivity contribution in [2.45, 2.75) is 38.3 Å². The number of nitrogen functional groups attached to an aromatic ring is 1. The fraction of sp³-hybridized carbons (Fsp3) is 0.727. The summed E-state index contributed by atoms with van der Waals surface area (Å²) < 4.78 is 2.96. The Kier molecular flexibility index (Phi) is 2.47. The van der Waals surface area contributed by atoms with E-state index in [9.17, 15) is 0 Å². The van der Waals surface area contributed by atoms with Crippen LogP contribution in [0.4, 0.5) is 5.82 Å². The maximum atomic E-state index is 6.06. The third kappa shape index (κ3) is 1.66. The zero-order chi connectivity index (χ0) is 11.3. The molecule has 0 radical (unpaired) electrons. The molecule has 88 valence electrons. The third-order valence-electron chi connectivity index (χ3n) is 3.65. The number of nitrogens with two attached hydrogens (primary N) is 1. The van der Waals surface area contributed by atoms with Gasteiger partial charge in [-0.05, 0) is 42.1 Å². The van der Waals surface area contributed by atoms with Gasteiger partial charge < -0.3 is 5.73 Å². The summed E-state index contributed by atoms with van der Waals surface area (Å²) in [7, 11) is 0. The third-order valence-corrected chi connectivity index (χ3v) is 4.63. The molecule has 1 atom stereocenters. The first-order valence-electron chi connectivity index (χ1n) is 5.91. The van der Waals surface area contributed by atoms with Crippen LogP contribution in [-0.4, -0.2) is 33.8 Å². The summed E-state index contributed by atoms with van der Waals surface area (Å²) in [6.45, 7) is 4.30. The maximum Gasteiger partial charge on any atom is 0.136 e. The molecule has 16 heavy (non-hydrogen) atoms. The molecule has 1 aliphatic carbocycles. The van der Waals surface area contributed by atoms with E-state index in [0.717, 1.165) is 28.6 Å². The lowest BCUT2D eigenvalue weighted by Gasteiger charge is -2.15. The number of hydrogen-bond acceptors (Lipinski definition) is 3. The molecular weight excluding hydrogens is 268 g/mol. The van der Waals surface area contributed by atoms with E-state index in [1.807, 2.05) is 11.6 Å². The molecule has 2 fully saturated rings. The molecule has 1 aromatic heterocycles. The largest absolute Gasteiger partial charge is 0.383 e. The minimum absolute atomic E-state index is 0.464. The highest BCUT2D eigenvalue weighted by molar-refractivity contribution is 9.10. The van der Waals surface area contributed by atoms with Gasteiger partial charge in [0.1, 0.15) is 5.82 Å². The summed E-state index contributed by atoms with van der Waals surface area (Å²) in [5, 5.41) is 4.52. The molecule has 2 N–H and O–H groups in total. The van der Waals surface area contributed by atoms with E-state index >= 15 is 0 Å². The van der Waals surface area contributed by atoms with Crippen molar-refractivity contribution in [2.75, 3.05) is 18.8 Å². The molecule has 0 bridgehead atoms. The molecule has 1 saturated carbocycles. The Hall–Kier alpha value is -0.550. The molecule has 3 rings (SSSR count). The molecule has 0 spiro atoms. The van der Waals surface area contributed by atoms with Gasteiger partial charge in [-0.2, -0.15) is 5.10 Å². The number of nitrogens with zero attached hydrogens (tertiary/aromatic N) is 3. The van der Waals surface area contributed by atoms with E-state index < -0.39 is 0 Å². The monoisotopic (exact) mass is 284 g/mol. The molecule has 1 aromatic rings. The molecule has 0 amide bonds. The van der Waals surface area contributed by atoms with Gasteiger partial charge in [0.25, 0.3) is 0 Å². The Labute approximate surface area is 104 Å². The van der Waals surface area contributed by atoms with Crippen LogP contribution < -0.4 is 5.73 Å². The van der Waals surface area contributed by atoms with Crippen LogP contribution in [0.3, 0.4) is 0 Å². The zero-order valence-corrected chi connectivity index (χ0v) is 11.1. The van der Waals surface area contributed by atoms with Gasteiger partial charge in [-0.1, -0.05) is 0 Å². The van der Waals surface area contributed by atoms with Crippen molar-refractivity contribution >= 4 is 21.7 Å². The molecule has 0 aromatic carbocycles. The Balaban J connectivity index is 1.79. The zero-order valence-electron chi connectivity index (χ0n) is 9.49. The van der Waals surface area contributed by atoms with Crippen molar-refractivity contribution in [3.63, 3.8) is 0 Å². The minimum atomic E-state index is 0.464. The van der Waals surface area contributed by atoms with Crippen molar-refractivity contribution in [3.8, 4) is 0 Å². The predicted octanol–water partition coefficient (Wildman–Crippen LogP) is 1.95. The normalized spacial score (nSPS) is 26.5. The number of rotatable bonds is 2. The Bertz CT molecular complexity index is 410. The molecule has 2 heterocycles. The second-order valence-corrected chi connectivity index (χ2v) is 5.69. The van der Waals surface area contributed by atoms with Crippen LogP contribution >= 0.6 is 15.9 Å². The first-order chi connectivity index (χ1) is 7.66. The number of anilines is 1. The predicted molar refractivity (Wildman–Crippen MR) is 67.3 cm³/mol. The van der Waals surface area contributed by atoms with Gasteiger partial charge in [0.15, 0.2) is 0 Å². The molecule has 2 aliphatic rings. The van der Waals surface area contributed by atoms with Crippen LogP contribution in [-0.2, 0) is 0 Å². The summed E-state index contributed by atoms with van der Waals surface area (Å²) in [6, 6.07) is 1.32. The fourth-order valence-corrected chi connectivity index (χ4v) is 2.82. The quantitative estimate of drug-likeness (QED) is 0.903. The van der Waals surface area contributed by atoms with Gasteiger partial charge in [0.05, 0.1) is 16.2 Å². The second-order valence-electron chi connectivity index (χ2n) is 4.90. The minimum Gasteiger partial charge on any atom is -0.383 e. The number of aryl methyl sites for hydroxylation is 1. The SMILES string of the molecule is Cc1nn(C2CCN(C3CC3)C2)c(N)c1Br. The smallest absolute Gasteiger partial charge is 0.136 e. The van der Waals surface area contributed by atoms with Crippen molar-refractivity contribution < 1.29 is 0 Å². The van der Waals surface area contributed by atoms with Gasteiger partial charge in [0, 0.05) is 19.1 Å². The number of halogens is 1. The van der Waals surface area contributed by atoms with E-state index in [2.05, 4.69) is 25.9 Å². The molecule has 5 heteroatoms. The summed E-state index contributed by atoms with van der Waals surface area (Å²) in [5.41, 5.74) is 7.04. The van der Waals surface area contributed by atoms with Crippen LogP contribution in [0.15, 0.2) is 4.47 Å². The van der Waals surface area contributed by atoms with Crippen molar-refractivity contribution in [2.24, 2.45) is 0 Å². The van der Waals surface area contributed by atoms with Crippen LogP contribution in [0.2, 0.25) is 0 Å². The molecular formula is C11H17BrN4.